The van der Waals surface area contributed by atoms with Crippen LogP contribution >= 0.6 is 11.6 Å². The second-order valence-corrected chi connectivity index (χ2v) is 10.6. The molecule has 0 aliphatic heterocycles. The first-order valence-corrected chi connectivity index (χ1v) is 13.7. The summed E-state index contributed by atoms with van der Waals surface area (Å²) in [5.41, 5.74) is 5.03. The Labute approximate surface area is 230 Å². The maximum atomic E-state index is 13.6. The number of amides is 1. The van der Waals surface area contributed by atoms with Gasteiger partial charge in [0.15, 0.2) is 0 Å². The van der Waals surface area contributed by atoms with Crippen LogP contribution in [0, 0.1) is 5.82 Å². The molecule has 1 heterocycles. The number of carbonyl (C=O) groups excluding carboxylic acids is 1. The molecule has 1 aromatic heterocycles. The van der Waals surface area contributed by atoms with Crippen LogP contribution in [-0.2, 0) is 17.8 Å². The van der Waals surface area contributed by atoms with Crippen molar-refractivity contribution in [2.75, 3.05) is 31.3 Å². The SMILES string of the molecule is CCc1c(NCc2cccc(F)c2)cccc1-c1cc(NC2CCC(NC(=O)CN(C)C)CC2)ncc1Cl. The highest BCUT2D eigenvalue weighted by Gasteiger charge is 2.23. The Bertz CT molecular complexity index is 1240. The highest BCUT2D eigenvalue weighted by molar-refractivity contribution is 6.33. The Balaban J connectivity index is 1.44. The van der Waals surface area contributed by atoms with Gasteiger partial charge in [-0.1, -0.05) is 42.8 Å². The number of pyridine rings is 1. The molecule has 6 nitrogen and oxygen atoms in total. The number of anilines is 2. The van der Waals surface area contributed by atoms with Gasteiger partial charge in [-0.15, -0.1) is 0 Å². The van der Waals surface area contributed by atoms with Crippen LogP contribution in [0.5, 0.6) is 0 Å². The van der Waals surface area contributed by atoms with Crippen molar-refractivity contribution in [3.05, 3.63) is 76.7 Å². The largest absolute Gasteiger partial charge is 0.381 e. The number of nitrogens with zero attached hydrogens (tertiary/aromatic N) is 2. The Morgan fingerprint density at radius 1 is 1.05 bits per heavy atom. The van der Waals surface area contributed by atoms with Crippen LogP contribution in [0.4, 0.5) is 15.9 Å². The molecule has 3 aromatic rings. The molecule has 202 valence electrons. The van der Waals surface area contributed by atoms with Gasteiger partial charge in [-0.05, 0) is 87.2 Å². The zero-order chi connectivity index (χ0) is 27.1. The van der Waals surface area contributed by atoms with Crippen molar-refractivity contribution in [1.29, 1.82) is 0 Å². The molecule has 1 aliphatic rings. The van der Waals surface area contributed by atoms with Crippen LogP contribution in [0.2, 0.25) is 5.02 Å². The molecule has 0 bridgehead atoms. The number of nitrogens with one attached hydrogen (secondary N) is 3. The summed E-state index contributed by atoms with van der Waals surface area (Å²) in [5, 5.41) is 10.8. The van der Waals surface area contributed by atoms with Crippen molar-refractivity contribution in [2.45, 2.75) is 57.7 Å². The van der Waals surface area contributed by atoms with Gasteiger partial charge in [-0.3, -0.25) is 4.79 Å². The van der Waals surface area contributed by atoms with E-state index < -0.39 is 0 Å². The van der Waals surface area contributed by atoms with Gasteiger partial charge in [-0.25, -0.2) is 9.37 Å². The molecule has 1 saturated carbocycles. The van der Waals surface area contributed by atoms with E-state index in [2.05, 4.69) is 33.9 Å². The van der Waals surface area contributed by atoms with Crippen LogP contribution in [-0.4, -0.2) is 48.5 Å². The fraction of sp³-hybridized carbons (Fsp3) is 0.400. The minimum absolute atomic E-state index is 0.0785. The molecule has 1 aliphatic carbocycles. The van der Waals surface area contributed by atoms with Crippen LogP contribution in [0.25, 0.3) is 11.1 Å². The average Bonchev–Trinajstić information content (AvgIpc) is 2.89. The third-order valence-electron chi connectivity index (χ3n) is 6.95. The van der Waals surface area contributed by atoms with E-state index >= 15 is 0 Å². The molecule has 8 heteroatoms. The van der Waals surface area contributed by atoms with Gasteiger partial charge in [0.25, 0.3) is 0 Å². The second kappa shape index (κ2) is 13.1. The van der Waals surface area contributed by atoms with Crippen LogP contribution < -0.4 is 16.0 Å². The molecular weight excluding hydrogens is 501 g/mol. The minimum atomic E-state index is -0.236. The summed E-state index contributed by atoms with van der Waals surface area (Å²) in [6.07, 6.45) is 6.33. The van der Waals surface area contributed by atoms with E-state index in [-0.39, 0.29) is 17.8 Å². The van der Waals surface area contributed by atoms with Gasteiger partial charge in [0, 0.05) is 36.1 Å². The summed E-state index contributed by atoms with van der Waals surface area (Å²) in [7, 11) is 3.80. The normalized spacial score (nSPS) is 17.3. The lowest BCUT2D eigenvalue weighted by Gasteiger charge is -2.30. The molecule has 0 radical (unpaired) electrons. The van der Waals surface area contributed by atoms with Gasteiger partial charge in [0.2, 0.25) is 5.91 Å². The fourth-order valence-corrected chi connectivity index (χ4v) is 5.31. The molecule has 3 N–H and O–H groups in total. The van der Waals surface area contributed by atoms with E-state index in [1.807, 2.05) is 43.3 Å². The first-order valence-electron chi connectivity index (χ1n) is 13.3. The van der Waals surface area contributed by atoms with Crippen molar-refractivity contribution in [3.63, 3.8) is 0 Å². The van der Waals surface area contributed by atoms with E-state index in [9.17, 15) is 9.18 Å². The molecule has 1 fully saturated rings. The van der Waals surface area contributed by atoms with Crippen LogP contribution in [0.15, 0.2) is 54.7 Å². The maximum absolute atomic E-state index is 13.6. The zero-order valence-electron chi connectivity index (χ0n) is 22.4. The highest BCUT2D eigenvalue weighted by atomic mass is 35.5. The Kier molecular flexibility index (Phi) is 9.58. The number of aromatic nitrogens is 1. The maximum Gasteiger partial charge on any atom is 0.234 e. The van der Waals surface area contributed by atoms with Crippen molar-refractivity contribution in [2.24, 2.45) is 0 Å². The highest BCUT2D eigenvalue weighted by Crippen LogP contribution is 2.36. The predicted molar refractivity (Wildman–Crippen MR) is 154 cm³/mol. The Morgan fingerprint density at radius 3 is 2.50 bits per heavy atom. The molecule has 0 unspecified atom stereocenters. The average molecular weight is 538 g/mol. The monoisotopic (exact) mass is 537 g/mol. The summed E-state index contributed by atoms with van der Waals surface area (Å²) < 4.78 is 13.6. The molecular formula is C30H37ClFN5O. The number of rotatable bonds is 10. The van der Waals surface area contributed by atoms with Crippen molar-refractivity contribution >= 4 is 29.0 Å². The second-order valence-electron chi connectivity index (χ2n) is 10.2. The first-order chi connectivity index (χ1) is 18.3. The lowest BCUT2D eigenvalue weighted by molar-refractivity contribution is -0.122. The van der Waals surface area contributed by atoms with Crippen LogP contribution in [0.3, 0.4) is 0 Å². The molecule has 2 aromatic carbocycles. The topological polar surface area (TPSA) is 69.3 Å². The number of hydrogen-bond acceptors (Lipinski definition) is 5. The Morgan fingerprint density at radius 2 is 1.79 bits per heavy atom. The summed E-state index contributed by atoms with van der Waals surface area (Å²) in [6.45, 7) is 3.07. The van der Waals surface area contributed by atoms with Gasteiger partial charge in [-0.2, -0.15) is 0 Å². The lowest BCUT2D eigenvalue weighted by atomic mass is 9.91. The number of halogens is 2. The minimum Gasteiger partial charge on any atom is -0.381 e. The first kappa shape index (κ1) is 27.9. The number of carbonyl (C=O) groups is 1. The smallest absolute Gasteiger partial charge is 0.234 e. The third-order valence-corrected chi connectivity index (χ3v) is 7.25. The predicted octanol–water partition coefficient (Wildman–Crippen LogP) is 6.12. The van der Waals surface area contributed by atoms with Gasteiger partial charge < -0.3 is 20.9 Å². The van der Waals surface area contributed by atoms with Crippen molar-refractivity contribution < 1.29 is 9.18 Å². The van der Waals surface area contributed by atoms with Crippen molar-refractivity contribution in [3.8, 4) is 11.1 Å². The fourth-order valence-electron chi connectivity index (χ4n) is 5.11. The van der Waals surface area contributed by atoms with Gasteiger partial charge >= 0.3 is 0 Å². The lowest BCUT2D eigenvalue weighted by Crippen LogP contribution is -2.43. The number of benzene rings is 2. The number of likely N-dealkylation sites (N-methyl/N-ethyl adjacent to an activating group) is 1. The molecule has 0 spiro atoms. The van der Waals surface area contributed by atoms with E-state index in [4.69, 9.17) is 11.6 Å². The number of hydrogen-bond donors (Lipinski definition) is 3. The molecule has 38 heavy (non-hydrogen) atoms. The van der Waals surface area contributed by atoms with E-state index in [1.54, 1.807) is 18.3 Å². The third kappa shape index (κ3) is 7.45. The summed E-state index contributed by atoms with van der Waals surface area (Å²) in [6, 6.07) is 15.3. The van der Waals surface area contributed by atoms with Crippen molar-refractivity contribution in [1.82, 2.24) is 15.2 Å². The molecule has 4 rings (SSSR count). The van der Waals surface area contributed by atoms with E-state index in [0.29, 0.717) is 24.2 Å². The quantitative estimate of drug-likeness (QED) is 0.291. The summed E-state index contributed by atoms with van der Waals surface area (Å²) in [4.78, 5) is 18.5. The van der Waals surface area contributed by atoms with Gasteiger partial charge in [0.1, 0.15) is 11.6 Å². The van der Waals surface area contributed by atoms with E-state index in [0.717, 1.165) is 65.9 Å². The standard InChI is InChI=1S/C30H37ClFN5O/c1-4-24-25(9-6-10-28(24)33-17-20-7-5-8-21(32)15-20)26-16-29(34-18-27(26)31)35-22-11-13-23(14-12-22)36-30(38)19-37(2)3/h5-10,15-16,18,22-23,33H,4,11-14,17,19H2,1-3H3,(H,34,35)(H,36,38). The summed E-state index contributed by atoms with van der Waals surface area (Å²) >= 11 is 6.65. The van der Waals surface area contributed by atoms with Gasteiger partial charge in [0.05, 0.1) is 11.6 Å². The Hall–Kier alpha value is -3.16. The van der Waals surface area contributed by atoms with E-state index in [1.165, 1.54) is 6.07 Å². The summed E-state index contributed by atoms with van der Waals surface area (Å²) in [5.74, 6) is 0.638. The molecule has 1 amide bonds. The molecule has 0 atom stereocenters. The zero-order valence-corrected chi connectivity index (χ0v) is 23.1. The molecule has 0 saturated heterocycles. The van der Waals surface area contributed by atoms with Crippen LogP contribution in [0.1, 0.15) is 43.7 Å².